The predicted octanol–water partition coefficient (Wildman–Crippen LogP) is 2.04. The molecule has 2 aromatic carbocycles. The van der Waals surface area contributed by atoms with Crippen molar-refractivity contribution >= 4 is 29.1 Å². The zero-order valence-corrected chi connectivity index (χ0v) is 16.0. The third-order valence-corrected chi connectivity index (χ3v) is 4.44. The molecule has 0 radical (unpaired) electrons. The molecule has 0 saturated carbocycles. The fourth-order valence-electron chi connectivity index (χ4n) is 2.62. The third kappa shape index (κ3) is 4.29. The van der Waals surface area contributed by atoms with Crippen molar-refractivity contribution in [1.82, 2.24) is 5.32 Å². The van der Waals surface area contributed by atoms with Gasteiger partial charge >= 0.3 is 11.8 Å². The van der Waals surface area contributed by atoms with Crippen LogP contribution in [0.2, 0.25) is 5.02 Å². The summed E-state index contributed by atoms with van der Waals surface area (Å²) in [6.07, 6.45) is 0. The number of benzene rings is 2. The second kappa shape index (κ2) is 7.95. The molecule has 0 saturated heterocycles. The molecule has 1 aliphatic rings. The highest BCUT2D eigenvalue weighted by atomic mass is 35.5. The van der Waals surface area contributed by atoms with Crippen molar-refractivity contribution in [3.05, 3.63) is 47.0 Å². The number of hydrogen-bond donors (Lipinski definition) is 3. The molecule has 9 heteroatoms. The summed E-state index contributed by atoms with van der Waals surface area (Å²) in [5.74, 6) is -0.378. The monoisotopic (exact) mass is 406 g/mol. The highest BCUT2D eigenvalue weighted by Crippen LogP contribution is 2.35. The van der Waals surface area contributed by atoms with Crippen molar-refractivity contribution in [2.24, 2.45) is 0 Å². The van der Waals surface area contributed by atoms with Crippen molar-refractivity contribution in [2.75, 3.05) is 25.8 Å². The number of hydrogen-bond acceptors (Lipinski definition) is 6. The lowest BCUT2D eigenvalue weighted by atomic mass is 9.95. The number of methoxy groups -OCH3 is 1. The smallest absolute Gasteiger partial charge is 0.313 e. The summed E-state index contributed by atoms with van der Waals surface area (Å²) < 4.78 is 15.6. The quantitative estimate of drug-likeness (QED) is 0.656. The average molecular weight is 407 g/mol. The van der Waals surface area contributed by atoms with Gasteiger partial charge in [-0.1, -0.05) is 17.7 Å². The van der Waals surface area contributed by atoms with Gasteiger partial charge in [0.05, 0.1) is 19.3 Å². The molecule has 1 unspecified atom stereocenters. The van der Waals surface area contributed by atoms with Crippen molar-refractivity contribution in [3.63, 3.8) is 0 Å². The largest absolute Gasteiger partial charge is 0.495 e. The lowest BCUT2D eigenvalue weighted by Crippen LogP contribution is -2.43. The van der Waals surface area contributed by atoms with Gasteiger partial charge in [-0.3, -0.25) is 9.59 Å². The summed E-state index contributed by atoms with van der Waals surface area (Å²) in [6, 6.07) is 9.60. The zero-order chi connectivity index (χ0) is 20.3. The van der Waals surface area contributed by atoms with Crippen molar-refractivity contribution < 1.29 is 28.9 Å². The van der Waals surface area contributed by atoms with Gasteiger partial charge in [0, 0.05) is 5.02 Å². The number of fused-ring (bicyclic) bond motifs is 1. The van der Waals surface area contributed by atoms with Gasteiger partial charge in [-0.05, 0) is 42.8 Å². The van der Waals surface area contributed by atoms with E-state index in [1.807, 2.05) is 0 Å². The maximum Gasteiger partial charge on any atom is 0.313 e. The number of anilines is 1. The Bertz CT molecular complexity index is 915. The van der Waals surface area contributed by atoms with E-state index < -0.39 is 17.4 Å². The standard InChI is InChI=1S/C19H19ClN2O6/c1-19(25,11-3-5-15-16(7-11)28-10-27-15)9-21-17(23)18(24)22-13-8-12(20)4-6-14(13)26-2/h3-8,25H,9-10H2,1-2H3,(H,21,23)(H,22,24). The van der Waals surface area contributed by atoms with Crippen LogP contribution in [-0.4, -0.2) is 37.4 Å². The molecular weight excluding hydrogens is 388 g/mol. The molecule has 28 heavy (non-hydrogen) atoms. The first-order valence-corrected chi connectivity index (χ1v) is 8.73. The molecule has 148 valence electrons. The Labute approximate surface area is 166 Å². The molecule has 0 aromatic heterocycles. The first-order chi connectivity index (χ1) is 13.3. The first-order valence-electron chi connectivity index (χ1n) is 8.35. The van der Waals surface area contributed by atoms with E-state index in [1.165, 1.54) is 20.1 Å². The van der Waals surface area contributed by atoms with Crippen molar-refractivity contribution in [1.29, 1.82) is 0 Å². The van der Waals surface area contributed by atoms with E-state index in [4.69, 9.17) is 25.8 Å². The number of aliphatic hydroxyl groups is 1. The highest BCUT2D eigenvalue weighted by Gasteiger charge is 2.28. The maximum absolute atomic E-state index is 12.2. The van der Waals surface area contributed by atoms with Gasteiger partial charge in [0.1, 0.15) is 11.4 Å². The summed E-state index contributed by atoms with van der Waals surface area (Å²) in [4.78, 5) is 24.3. The van der Waals surface area contributed by atoms with Crippen LogP contribution in [0.4, 0.5) is 5.69 Å². The van der Waals surface area contributed by atoms with E-state index in [0.717, 1.165) is 0 Å². The Morgan fingerprint density at radius 1 is 1.18 bits per heavy atom. The minimum Gasteiger partial charge on any atom is -0.495 e. The van der Waals surface area contributed by atoms with Crippen LogP contribution in [-0.2, 0) is 15.2 Å². The van der Waals surface area contributed by atoms with Gasteiger partial charge in [-0.25, -0.2) is 0 Å². The Morgan fingerprint density at radius 3 is 2.68 bits per heavy atom. The second-order valence-electron chi connectivity index (χ2n) is 6.32. The Hall–Kier alpha value is -2.97. The fraction of sp³-hybridized carbons (Fsp3) is 0.263. The molecular formula is C19H19ClN2O6. The van der Waals surface area contributed by atoms with Crippen LogP contribution in [0.15, 0.2) is 36.4 Å². The van der Waals surface area contributed by atoms with Gasteiger partial charge in [0.2, 0.25) is 6.79 Å². The van der Waals surface area contributed by atoms with Crippen LogP contribution >= 0.6 is 11.6 Å². The summed E-state index contributed by atoms with van der Waals surface area (Å²) in [5, 5.41) is 15.9. The van der Waals surface area contributed by atoms with Gasteiger partial charge in [0.25, 0.3) is 0 Å². The van der Waals surface area contributed by atoms with Gasteiger partial charge in [-0.15, -0.1) is 0 Å². The molecule has 1 heterocycles. The molecule has 8 nitrogen and oxygen atoms in total. The summed E-state index contributed by atoms with van der Waals surface area (Å²) >= 11 is 5.91. The Morgan fingerprint density at radius 2 is 1.93 bits per heavy atom. The van der Waals surface area contributed by atoms with Gasteiger partial charge < -0.3 is 30.0 Å². The van der Waals surface area contributed by atoms with E-state index in [2.05, 4.69) is 10.6 Å². The molecule has 2 amide bonds. The van der Waals surface area contributed by atoms with E-state index in [-0.39, 0.29) is 19.0 Å². The summed E-state index contributed by atoms with van der Waals surface area (Å²) in [6.45, 7) is 1.44. The lowest BCUT2D eigenvalue weighted by Gasteiger charge is -2.24. The number of ether oxygens (including phenoxy) is 3. The minimum atomic E-state index is -1.43. The summed E-state index contributed by atoms with van der Waals surface area (Å²) in [5.41, 5.74) is -0.656. The maximum atomic E-state index is 12.2. The molecule has 1 atom stereocenters. The van der Waals surface area contributed by atoms with E-state index in [0.29, 0.717) is 27.8 Å². The number of rotatable bonds is 5. The summed E-state index contributed by atoms with van der Waals surface area (Å²) in [7, 11) is 1.43. The minimum absolute atomic E-state index is 0.116. The Kier molecular flexibility index (Phi) is 5.62. The number of nitrogens with one attached hydrogen (secondary N) is 2. The average Bonchev–Trinajstić information content (AvgIpc) is 3.14. The highest BCUT2D eigenvalue weighted by molar-refractivity contribution is 6.40. The van der Waals surface area contributed by atoms with Crippen molar-refractivity contribution in [2.45, 2.75) is 12.5 Å². The zero-order valence-electron chi connectivity index (χ0n) is 15.2. The van der Waals surface area contributed by atoms with E-state index >= 15 is 0 Å². The fourth-order valence-corrected chi connectivity index (χ4v) is 2.80. The number of amides is 2. The molecule has 3 rings (SSSR count). The van der Waals surface area contributed by atoms with Crippen LogP contribution in [0.5, 0.6) is 17.2 Å². The third-order valence-electron chi connectivity index (χ3n) is 4.20. The van der Waals surface area contributed by atoms with E-state index in [9.17, 15) is 14.7 Å². The molecule has 0 bridgehead atoms. The molecule has 3 N–H and O–H groups in total. The van der Waals surface area contributed by atoms with E-state index in [1.54, 1.807) is 30.3 Å². The van der Waals surface area contributed by atoms with Gasteiger partial charge in [-0.2, -0.15) is 0 Å². The molecule has 0 aliphatic carbocycles. The Balaban J connectivity index is 1.63. The van der Waals surface area contributed by atoms with Gasteiger partial charge in [0.15, 0.2) is 11.5 Å². The predicted molar refractivity (Wildman–Crippen MR) is 102 cm³/mol. The van der Waals surface area contributed by atoms with Crippen LogP contribution in [0.1, 0.15) is 12.5 Å². The molecule has 1 aliphatic heterocycles. The molecule has 2 aromatic rings. The van der Waals surface area contributed by atoms with Crippen LogP contribution < -0.4 is 24.8 Å². The number of carbonyl (C=O) groups is 2. The van der Waals surface area contributed by atoms with Crippen LogP contribution in [0.25, 0.3) is 0 Å². The topological polar surface area (TPSA) is 106 Å². The second-order valence-corrected chi connectivity index (χ2v) is 6.76. The number of halogens is 1. The lowest BCUT2D eigenvalue weighted by molar-refractivity contribution is -0.136. The van der Waals surface area contributed by atoms with Crippen LogP contribution in [0.3, 0.4) is 0 Å². The normalized spacial score (nSPS) is 14.1. The molecule has 0 spiro atoms. The van der Waals surface area contributed by atoms with Crippen LogP contribution in [0, 0.1) is 0 Å². The number of carbonyl (C=O) groups excluding carboxylic acids is 2. The SMILES string of the molecule is COc1ccc(Cl)cc1NC(=O)C(=O)NCC(C)(O)c1ccc2c(c1)OCO2. The van der Waals surface area contributed by atoms with Crippen molar-refractivity contribution in [3.8, 4) is 17.2 Å². The first kappa shape index (κ1) is 19.8. The molecule has 0 fully saturated rings.